The van der Waals surface area contributed by atoms with E-state index in [9.17, 15) is 23.2 Å². The molecule has 3 amide bonds. The van der Waals surface area contributed by atoms with Gasteiger partial charge in [-0.15, -0.1) is 0 Å². The number of allylic oxidation sites excluding steroid dienone is 2. The van der Waals surface area contributed by atoms with Crippen LogP contribution in [-0.4, -0.2) is 109 Å². The summed E-state index contributed by atoms with van der Waals surface area (Å²) in [4.78, 5) is 44.2. The molecule has 3 rings (SSSR count). The fourth-order valence-corrected chi connectivity index (χ4v) is 4.82. The Labute approximate surface area is 194 Å². The smallest absolute Gasteiger partial charge is 0.251 e. The van der Waals surface area contributed by atoms with Crippen molar-refractivity contribution in [3.8, 4) is 0 Å². The van der Waals surface area contributed by atoms with Crippen LogP contribution in [0.4, 0.5) is 8.78 Å². The van der Waals surface area contributed by atoms with Gasteiger partial charge in [-0.3, -0.25) is 24.2 Å². The molecule has 1 aliphatic carbocycles. The fraction of sp³-hybridized carbons (Fsp3) is 0.696. The Morgan fingerprint density at radius 3 is 2.58 bits per heavy atom. The number of likely N-dealkylation sites (tertiary alicyclic amines) is 1. The summed E-state index contributed by atoms with van der Waals surface area (Å²) in [6.07, 6.45) is 4.78. The number of carbonyl (C=O) groups excluding carboxylic acids is 3. The molecule has 3 atom stereocenters. The molecule has 184 valence electrons. The van der Waals surface area contributed by atoms with Crippen molar-refractivity contribution in [1.82, 2.24) is 19.6 Å². The third kappa shape index (κ3) is 6.04. The van der Waals surface area contributed by atoms with Crippen LogP contribution in [0, 0.1) is 5.92 Å². The summed E-state index contributed by atoms with van der Waals surface area (Å²) in [6.45, 7) is 3.48. The van der Waals surface area contributed by atoms with Crippen LogP contribution >= 0.6 is 0 Å². The van der Waals surface area contributed by atoms with Crippen molar-refractivity contribution in [2.24, 2.45) is 11.7 Å². The maximum Gasteiger partial charge on any atom is 0.251 e. The predicted octanol–water partition coefficient (Wildman–Crippen LogP) is 0.695. The van der Waals surface area contributed by atoms with Gasteiger partial charge in [0.15, 0.2) is 0 Å². The summed E-state index contributed by atoms with van der Waals surface area (Å²) in [5, 5.41) is 0. The molecule has 2 saturated heterocycles. The van der Waals surface area contributed by atoms with Crippen LogP contribution in [0.25, 0.3) is 0 Å². The minimum Gasteiger partial charge on any atom is -0.330 e. The predicted molar refractivity (Wildman–Crippen MR) is 120 cm³/mol. The average molecular weight is 468 g/mol. The Balaban J connectivity index is 1.53. The van der Waals surface area contributed by atoms with Gasteiger partial charge in [0, 0.05) is 70.8 Å². The minimum atomic E-state index is -2.36. The highest BCUT2D eigenvalue weighted by Crippen LogP contribution is 2.24. The van der Waals surface area contributed by atoms with Gasteiger partial charge in [-0.2, -0.15) is 0 Å². The lowest BCUT2D eigenvalue weighted by Gasteiger charge is -2.40. The second-order valence-electron chi connectivity index (χ2n) is 9.12. The first-order valence-electron chi connectivity index (χ1n) is 11.6. The van der Waals surface area contributed by atoms with E-state index in [1.165, 1.54) is 11.9 Å². The van der Waals surface area contributed by atoms with Crippen molar-refractivity contribution >= 4 is 17.7 Å². The molecule has 33 heavy (non-hydrogen) atoms. The first-order valence-corrected chi connectivity index (χ1v) is 11.6. The van der Waals surface area contributed by atoms with Gasteiger partial charge in [-0.1, -0.05) is 18.2 Å². The number of halogens is 2. The zero-order valence-corrected chi connectivity index (χ0v) is 19.5. The molecule has 0 aromatic rings. The Morgan fingerprint density at radius 1 is 1.24 bits per heavy atom. The van der Waals surface area contributed by atoms with E-state index >= 15 is 0 Å². The highest BCUT2D eigenvalue weighted by molar-refractivity contribution is 6.03. The summed E-state index contributed by atoms with van der Waals surface area (Å²) >= 11 is 0. The molecule has 0 spiro atoms. The number of hydrogen-bond acceptors (Lipinski definition) is 6. The van der Waals surface area contributed by atoms with Crippen molar-refractivity contribution < 1.29 is 23.2 Å². The largest absolute Gasteiger partial charge is 0.330 e. The molecule has 2 aliphatic heterocycles. The molecule has 2 N–H and O–H groups in total. The van der Waals surface area contributed by atoms with Gasteiger partial charge in [0.2, 0.25) is 18.2 Å². The molecule has 3 unspecified atom stereocenters. The first kappa shape index (κ1) is 25.5. The molecule has 0 bridgehead atoms. The van der Waals surface area contributed by atoms with Crippen molar-refractivity contribution in [3.05, 3.63) is 23.8 Å². The molecule has 2 fully saturated rings. The van der Waals surface area contributed by atoms with E-state index in [2.05, 4.69) is 15.9 Å². The zero-order chi connectivity index (χ0) is 24.1. The Morgan fingerprint density at radius 2 is 1.94 bits per heavy atom. The van der Waals surface area contributed by atoms with E-state index in [0.29, 0.717) is 44.5 Å². The molecule has 0 saturated carbocycles. The van der Waals surface area contributed by atoms with Gasteiger partial charge < -0.3 is 15.5 Å². The van der Waals surface area contributed by atoms with Crippen molar-refractivity contribution in [1.29, 1.82) is 0 Å². The Kier molecular flexibility index (Phi) is 8.72. The molecule has 3 aliphatic rings. The number of nitrogens with zero attached hydrogens (tertiary/aromatic N) is 4. The Bertz CT molecular complexity index is 795. The van der Waals surface area contributed by atoms with Crippen LogP contribution < -0.4 is 5.73 Å². The Hall–Kier alpha value is -2.17. The van der Waals surface area contributed by atoms with E-state index in [1.54, 1.807) is 13.1 Å². The molecular weight excluding hydrogens is 432 g/mol. The second-order valence-corrected chi connectivity index (χ2v) is 9.12. The van der Waals surface area contributed by atoms with Gasteiger partial charge in [-0.05, 0) is 25.8 Å². The van der Waals surface area contributed by atoms with Crippen LogP contribution in [0.3, 0.4) is 0 Å². The van der Waals surface area contributed by atoms with Crippen LogP contribution in [0.1, 0.15) is 25.7 Å². The van der Waals surface area contributed by atoms with Crippen LogP contribution in [0.2, 0.25) is 0 Å². The van der Waals surface area contributed by atoms with Crippen LogP contribution in [-0.2, 0) is 14.4 Å². The number of piperidine rings is 1. The summed E-state index contributed by atoms with van der Waals surface area (Å²) < 4.78 is 26.4. The second kappa shape index (κ2) is 11.3. The lowest BCUT2D eigenvalue weighted by molar-refractivity contribution is -0.153. The number of carbonyl (C=O) groups is 3. The van der Waals surface area contributed by atoms with Crippen LogP contribution in [0.15, 0.2) is 23.8 Å². The molecule has 8 nitrogen and oxygen atoms in total. The summed E-state index contributed by atoms with van der Waals surface area (Å²) in [5.74, 6) is -1.47. The van der Waals surface area contributed by atoms with E-state index in [4.69, 9.17) is 5.73 Å². The molecule has 0 aromatic heterocycles. The van der Waals surface area contributed by atoms with Crippen LogP contribution in [0.5, 0.6) is 0 Å². The van der Waals surface area contributed by atoms with Gasteiger partial charge in [0.25, 0.3) is 5.91 Å². The number of imide groups is 1. The molecule has 10 heteroatoms. The highest BCUT2D eigenvalue weighted by Gasteiger charge is 2.37. The van der Waals surface area contributed by atoms with Gasteiger partial charge in [0.1, 0.15) is 6.04 Å². The molecule has 0 radical (unpaired) electrons. The number of likely N-dealkylation sites (N-methyl/N-ethyl adjacent to an activating group) is 2. The maximum atomic E-state index is 13.2. The van der Waals surface area contributed by atoms with Crippen molar-refractivity contribution in [2.45, 2.75) is 44.2 Å². The standard InChI is InChI=1S/C23H35F2N5O3/c1-27(19-6-7-20(31)28(2)23(19)33)22(32)16-4-3-5-18(14-16)30-12-10-29(11-13-30)15-17(8-9-26)21(24)25/h3-5,17-19,21H,6-15,26H2,1-2H3. The van der Waals surface area contributed by atoms with E-state index in [1.807, 2.05) is 6.08 Å². The monoisotopic (exact) mass is 467 g/mol. The summed E-state index contributed by atoms with van der Waals surface area (Å²) in [6, 6.07) is -0.587. The van der Waals surface area contributed by atoms with Gasteiger partial charge in [0.05, 0.1) is 0 Å². The zero-order valence-electron chi connectivity index (χ0n) is 19.5. The SMILES string of the molecule is CN1C(=O)CCC(N(C)C(=O)C2=CC=CC(N3CCN(CC(CCN)C(F)F)CC3)C2)C1=O. The topological polar surface area (TPSA) is 90.2 Å². The lowest BCUT2D eigenvalue weighted by Crippen LogP contribution is -2.54. The van der Waals surface area contributed by atoms with E-state index in [-0.39, 0.29) is 36.7 Å². The minimum absolute atomic E-state index is 0.0470. The average Bonchev–Trinajstić information content (AvgIpc) is 2.82. The summed E-state index contributed by atoms with van der Waals surface area (Å²) in [5.41, 5.74) is 6.10. The number of alkyl halides is 2. The number of hydrogen-bond donors (Lipinski definition) is 1. The molecular formula is C23H35F2N5O3. The summed E-state index contributed by atoms with van der Waals surface area (Å²) in [7, 11) is 3.06. The fourth-order valence-electron chi connectivity index (χ4n) is 4.82. The maximum absolute atomic E-state index is 13.2. The quantitative estimate of drug-likeness (QED) is 0.529. The number of piperazine rings is 1. The highest BCUT2D eigenvalue weighted by atomic mass is 19.3. The van der Waals surface area contributed by atoms with Gasteiger partial charge >= 0.3 is 0 Å². The molecule has 0 aromatic carbocycles. The number of amides is 3. The van der Waals surface area contributed by atoms with Crippen molar-refractivity contribution in [3.63, 3.8) is 0 Å². The number of nitrogens with two attached hydrogens (primary N) is 1. The third-order valence-corrected chi connectivity index (χ3v) is 7.01. The van der Waals surface area contributed by atoms with E-state index < -0.39 is 18.4 Å². The first-order chi connectivity index (χ1) is 15.7. The van der Waals surface area contributed by atoms with Crippen molar-refractivity contribution in [2.75, 3.05) is 53.4 Å². The van der Waals surface area contributed by atoms with E-state index in [0.717, 1.165) is 18.0 Å². The molecule has 2 heterocycles. The van der Waals surface area contributed by atoms with Gasteiger partial charge in [-0.25, -0.2) is 8.78 Å². The lowest BCUT2D eigenvalue weighted by atomic mass is 9.96. The number of rotatable bonds is 8. The normalized spacial score (nSPS) is 26.0. The third-order valence-electron chi connectivity index (χ3n) is 7.01.